The third-order valence-corrected chi connectivity index (χ3v) is 2.43. The van der Waals surface area contributed by atoms with Crippen LogP contribution in [0.15, 0.2) is 24.3 Å². The highest BCUT2D eigenvalue weighted by molar-refractivity contribution is 5.27. The Balaban J connectivity index is 2.64. The molecule has 0 fully saturated rings. The van der Waals surface area contributed by atoms with Crippen molar-refractivity contribution >= 4 is 0 Å². The first-order chi connectivity index (χ1) is 7.07. The molecule has 3 nitrogen and oxygen atoms in total. The predicted octanol–water partition coefficient (Wildman–Crippen LogP) is 1.34. The van der Waals surface area contributed by atoms with E-state index < -0.39 is 5.60 Å². The van der Waals surface area contributed by atoms with Gasteiger partial charge < -0.3 is 15.6 Å². The first kappa shape index (κ1) is 12.0. The van der Waals surface area contributed by atoms with Crippen LogP contribution >= 0.6 is 0 Å². The molecule has 15 heavy (non-hydrogen) atoms. The van der Waals surface area contributed by atoms with Gasteiger partial charge in [0.25, 0.3) is 0 Å². The first-order valence-corrected chi connectivity index (χ1v) is 5.13. The van der Waals surface area contributed by atoms with Gasteiger partial charge in [-0.1, -0.05) is 12.1 Å². The number of rotatable bonds is 5. The summed E-state index contributed by atoms with van der Waals surface area (Å²) in [5.74, 6) is 0.831. The molecule has 1 aromatic rings. The Morgan fingerprint density at radius 1 is 1.33 bits per heavy atom. The van der Waals surface area contributed by atoms with E-state index in [1.807, 2.05) is 31.2 Å². The molecule has 0 saturated carbocycles. The molecule has 1 aromatic carbocycles. The summed E-state index contributed by atoms with van der Waals surface area (Å²) >= 11 is 0. The van der Waals surface area contributed by atoms with Crippen molar-refractivity contribution < 1.29 is 9.84 Å². The minimum Gasteiger partial charge on any atom is -0.497 e. The van der Waals surface area contributed by atoms with Crippen LogP contribution in [0.5, 0.6) is 5.75 Å². The number of nitrogens with two attached hydrogens (primary N) is 1. The van der Waals surface area contributed by atoms with Crippen molar-refractivity contribution in [1.29, 1.82) is 0 Å². The second kappa shape index (κ2) is 5.14. The average molecular weight is 209 g/mol. The molecular weight excluding hydrogens is 190 g/mol. The molecule has 1 rings (SSSR count). The summed E-state index contributed by atoms with van der Waals surface area (Å²) in [4.78, 5) is 0. The van der Waals surface area contributed by atoms with Gasteiger partial charge in [0.2, 0.25) is 0 Å². The third-order valence-electron chi connectivity index (χ3n) is 2.43. The third kappa shape index (κ3) is 3.90. The van der Waals surface area contributed by atoms with Gasteiger partial charge in [0.15, 0.2) is 0 Å². The van der Waals surface area contributed by atoms with Gasteiger partial charge in [-0.15, -0.1) is 0 Å². The normalized spacial score (nSPS) is 14.7. The first-order valence-electron chi connectivity index (χ1n) is 5.13. The highest BCUT2D eigenvalue weighted by atomic mass is 16.5. The van der Waals surface area contributed by atoms with Gasteiger partial charge in [0, 0.05) is 6.42 Å². The standard InChI is InChI=1S/C12H19NO2/c1-12(14,7-8-13)9-10-3-5-11(15-2)6-4-10/h3-6,14H,7-9,13H2,1-2H3. The van der Waals surface area contributed by atoms with E-state index in [1.165, 1.54) is 0 Å². The number of aliphatic hydroxyl groups is 1. The molecule has 3 heteroatoms. The molecule has 0 radical (unpaired) electrons. The molecule has 0 aromatic heterocycles. The quantitative estimate of drug-likeness (QED) is 0.769. The van der Waals surface area contributed by atoms with E-state index in [9.17, 15) is 5.11 Å². The van der Waals surface area contributed by atoms with E-state index in [-0.39, 0.29) is 0 Å². The van der Waals surface area contributed by atoms with Crippen LogP contribution in [0.1, 0.15) is 18.9 Å². The van der Waals surface area contributed by atoms with Gasteiger partial charge >= 0.3 is 0 Å². The number of benzene rings is 1. The number of ether oxygens (including phenoxy) is 1. The van der Waals surface area contributed by atoms with Gasteiger partial charge in [-0.25, -0.2) is 0 Å². The van der Waals surface area contributed by atoms with Crippen molar-refractivity contribution in [3.05, 3.63) is 29.8 Å². The fraction of sp³-hybridized carbons (Fsp3) is 0.500. The lowest BCUT2D eigenvalue weighted by Gasteiger charge is -2.22. The lowest BCUT2D eigenvalue weighted by atomic mass is 9.93. The number of hydrogen-bond acceptors (Lipinski definition) is 3. The second-order valence-corrected chi connectivity index (χ2v) is 4.06. The summed E-state index contributed by atoms with van der Waals surface area (Å²) in [6.07, 6.45) is 1.23. The summed E-state index contributed by atoms with van der Waals surface area (Å²) in [5.41, 5.74) is 5.81. The van der Waals surface area contributed by atoms with Crippen LogP contribution in [0, 0.1) is 0 Å². The molecule has 1 unspecified atom stereocenters. The average Bonchev–Trinajstić information content (AvgIpc) is 2.18. The van der Waals surface area contributed by atoms with Crippen molar-refractivity contribution in [2.75, 3.05) is 13.7 Å². The Hall–Kier alpha value is -1.06. The Morgan fingerprint density at radius 2 is 1.93 bits per heavy atom. The van der Waals surface area contributed by atoms with Crippen LogP contribution in [0.2, 0.25) is 0 Å². The van der Waals surface area contributed by atoms with Crippen LogP contribution in [-0.2, 0) is 6.42 Å². The Morgan fingerprint density at radius 3 is 2.40 bits per heavy atom. The molecule has 0 aliphatic heterocycles. The summed E-state index contributed by atoms with van der Waals surface area (Å²) in [7, 11) is 1.64. The Bertz CT molecular complexity index is 293. The van der Waals surface area contributed by atoms with Crippen molar-refractivity contribution in [2.24, 2.45) is 5.73 Å². The van der Waals surface area contributed by atoms with Crippen molar-refractivity contribution in [3.8, 4) is 5.75 Å². The van der Waals surface area contributed by atoms with Gasteiger partial charge in [0.05, 0.1) is 12.7 Å². The zero-order chi connectivity index (χ0) is 11.3. The maximum absolute atomic E-state index is 9.98. The molecule has 0 bridgehead atoms. The zero-order valence-electron chi connectivity index (χ0n) is 9.36. The van der Waals surface area contributed by atoms with E-state index in [0.29, 0.717) is 19.4 Å². The molecule has 3 N–H and O–H groups in total. The van der Waals surface area contributed by atoms with Gasteiger partial charge in [-0.2, -0.15) is 0 Å². The summed E-state index contributed by atoms with van der Waals surface area (Å²) in [5, 5.41) is 9.98. The molecule has 1 atom stereocenters. The topological polar surface area (TPSA) is 55.5 Å². The van der Waals surface area contributed by atoms with Gasteiger partial charge in [0.1, 0.15) is 5.75 Å². The largest absolute Gasteiger partial charge is 0.497 e. The SMILES string of the molecule is COc1ccc(CC(C)(O)CCN)cc1. The van der Waals surface area contributed by atoms with Crippen LogP contribution in [-0.4, -0.2) is 24.4 Å². The molecule has 0 saturated heterocycles. The van der Waals surface area contributed by atoms with E-state index in [1.54, 1.807) is 7.11 Å². The molecular formula is C12H19NO2. The van der Waals surface area contributed by atoms with Crippen LogP contribution < -0.4 is 10.5 Å². The molecule has 0 amide bonds. The Labute approximate surface area is 90.9 Å². The van der Waals surface area contributed by atoms with Crippen LogP contribution in [0.4, 0.5) is 0 Å². The molecule has 84 valence electrons. The van der Waals surface area contributed by atoms with Gasteiger partial charge in [-0.3, -0.25) is 0 Å². The van der Waals surface area contributed by atoms with Crippen LogP contribution in [0.3, 0.4) is 0 Å². The fourth-order valence-electron chi connectivity index (χ4n) is 1.58. The lowest BCUT2D eigenvalue weighted by molar-refractivity contribution is 0.0539. The summed E-state index contributed by atoms with van der Waals surface area (Å²) < 4.78 is 5.06. The summed E-state index contributed by atoms with van der Waals surface area (Å²) in [6.45, 7) is 2.31. The van der Waals surface area contributed by atoms with Crippen molar-refractivity contribution in [2.45, 2.75) is 25.4 Å². The fourth-order valence-corrected chi connectivity index (χ4v) is 1.58. The number of hydrogen-bond donors (Lipinski definition) is 2. The zero-order valence-corrected chi connectivity index (χ0v) is 9.36. The molecule has 0 spiro atoms. The minimum atomic E-state index is -0.719. The van der Waals surface area contributed by atoms with Crippen molar-refractivity contribution in [3.63, 3.8) is 0 Å². The monoisotopic (exact) mass is 209 g/mol. The Kier molecular flexibility index (Phi) is 4.12. The molecule has 0 aliphatic carbocycles. The smallest absolute Gasteiger partial charge is 0.118 e. The molecule has 0 heterocycles. The maximum atomic E-state index is 9.98. The van der Waals surface area contributed by atoms with E-state index in [4.69, 9.17) is 10.5 Å². The summed E-state index contributed by atoms with van der Waals surface area (Å²) in [6, 6.07) is 7.72. The maximum Gasteiger partial charge on any atom is 0.118 e. The lowest BCUT2D eigenvalue weighted by Crippen LogP contribution is -2.30. The van der Waals surface area contributed by atoms with E-state index in [0.717, 1.165) is 11.3 Å². The van der Waals surface area contributed by atoms with Crippen molar-refractivity contribution in [1.82, 2.24) is 0 Å². The van der Waals surface area contributed by atoms with Gasteiger partial charge in [-0.05, 0) is 37.6 Å². The predicted molar refractivity (Wildman–Crippen MR) is 61.0 cm³/mol. The van der Waals surface area contributed by atoms with E-state index >= 15 is 0 Å². The molecule has 0 aliphatic rings. The highest BCUT2D eigenvalue weighted by Crippen LogP contribution is 2.18. The number of methoxy groups -OCH3 is 1. The second-order valence-electron chi connectivity index (χ2n) is 4.06. The highest BCUT2D eigenvalue weighted by Gasteiger charge is 2.19. The van der Waals surface area contributed by atoms with Crippen LogP contribution in [0.25, 0.3) is 0 Å². The minimum absolute atomic E-state index is 0.503. The van der Waals surface area contributed by atoms with E-state index in [2.05, 4.69) is 0 Å².